The zero-order valence-corrected chi connectivity index (χ0v) is 15.1. The number of imidazole rings is 1. The molecule has 0 aliphatic heterocycles. The van der Waals surface area contributed by atoms with Gasteiger partial charge in [0.05, 0.1) is 23.7 Å². The number of ether oxygens (including phenoxy) is 1. The third kappa shape index (κ3) is 4.20. The Hall–Kier alpha value is -2.33. The van der Waals surface area contributed by atoms with E-state index in [1.54, 1.807) is 0 Å². The van der Waals surface area contributed by atoms with Gasteiger partial charge in [0, 0.05) is 6.54 Å². The van der Waals surface area contributed by atoms with Gasteiger partial charge in [0.2, 0.25) is 0 Å². The second-order valence-electron chi connectivity index (χ2n) is 6.52. The summed E-state index contributed by atoms with van der Waals surface area (Å²) >= 11 is 0. The molecule has 0 amide bonds. The summed E-state index contributed by atoms with van der Waals surface area (Å²) in [5.41, 5.74) is 9.78. The van der Waals surface area contributed by atoms with Crippen LogP contribution in [0.5, 0.6) is 5.75 Å². The van der Waals surface area contributed by atoms with Crippen molar-refractivity contribution >= 4 is 11.0 Å². The Morgan fingerprint density at radius 2 is 1.88 bits per heavy atom. The quantitative estimate of drug-likeness (QED) is 0.611. The molecule has 0 saturated carbocycles. The average molecular weight is 337 g/mol. The van der Waals surface area contributed by atoms with E-state index in [1.165, 1.54) is 5.56 Å². The fourth-order valence-corrected chi connectivity index (χ4v) is 3.10. The molecule has 0 bridgehead atoms. The molecule has 1 aromatic heterocycles. The van der Waals surface area contributed by atoms with E-state index in [2.05, 4.69) is 48.7 Å². The second-order valence-corrected chi connectivity index (χ2v) is 6.52. The molecule has 0 spiro atoms. The molecule has 4 heteroatoms. The van der Waals surface area contributed by atoms with Gasteiger partial charge in [-0.15, -0.1) is 0 Å². The van der Waals surface area contributed by atoms with Crippen molar-refractivity contribution in [2.24, 2.45) is 5.73 Å². The molecular weight excluding hydrogens is 310 g/mol. The Labute approximate surface area is 149 Å². The standard InChI is InChI=1S/C21H27N3O/c1-3-7-18(22)21-23-19-8-4-5-9-20(19)24(21)14-6-15-25-17-12-10-16(2)11-13-17/h4-5,8-13,18H,3,6-7,14-15,22H2,1-2H3. The number of benzene rings is 2. The fraction of sp³-hybridized carbons (Fsp3) is 0.381. The van der Waals surface area contributed by atoms with E-state index in [-0.39, 0.29) is 6.04 Å². The number of fused-ring (bicyclic) bond motifs is 1. The predicted octanol–water partition coefficient (Wildman–Crippen LogP) is 4.61. The summed E-state index contributed by atoms with van der Waals surface area (Å²) in [5.74, 6) is 1.90. The van der Waals surface area contributed by atoms with Gasteiger partial charge in [0.1, 0.15) is 11.6 Å². The molecule has 3 aromatic rings. The summed E-state index contributed by atoms with van der Waals surface area (Å²) in [6.45, 7) is 5.77. The first-order valence-electron chi connectivity index (χ1n) is 9.09. The van der Waals surface area contributed by atoms with Crippen LogP contribution in [-0.2, 0) is 6.54 Å². The SMILES string of the molecule is CCCC(N)c1nc2ccccc2n1CCCOc1ccc(C)cc1. The van der Waals surface area contributed by atoms with Gasteiger partial charge in [0.15, 0.2) is 0 Å². The third-order valence-electron chi connectivity index (χ3n) is 4.43. The van der Waals surface area contributed by atoms with Gasteiger partial charge in [0.25, 0.3) is 0 Å². The number of hydrogen-bond acceptors (Lipinski definition) is 3. The number of hydrogen-bond donors (Lipinski definition) is 1. The topological polar surface area (TPSA) is 53.1 Å². The lowest BCUT2D eigenvalue weighted by molar-refractivity contribution is 0.301. The van der Waals surface area contributed by atoms with Gasteiger partial charge >= 0.3 is 0 Å². The van der Waals surface area contributed by atoms with Crippen molar-refractivity contribution in [2.75, 3.05) is 6.61 Å². The average Bonchev–Trinajstić information content (AvgIpc) is 2.99. The Balaban J connectivity index is 1.69. The minimum Gasteiger partial charge on any atom is -0.494 e. The maximum absolute atomic E-state index is 6.37. The van der Waals surface area contributed by atoms with Crippen molar-refractivity contribution in [3.8, 4) is 5.75 Å². The van der Waals surface area contributed by atoms with Crippen LogP contribution in [0.1, 0.15) is 43.6 Å². The van der Waals surface area contributed by atoms with Crippen LogP contribution in [0.15, 0.2) is 48.5 Å². The zero-order chi connectivity index (χ0) is 17.6. The molecule has 0 aliphatic carbocycles. The van der Waals surface area contributed by atoms with Crippen molar-refractivity contribution in [1.82, 2.24) is 9.55 Å². The number of nitrogens with zero attached hydrogens (tertiary/aromatic N) is 2. The lowest BCUT2D eigenvalue weighted by Crippen LogP contribution is -2.17. The van der Waals surface area contributed by atoms with Crippen molar-refractivity contribution in [1.29, 1.82) is 0 Å². The van der Waals surface area contributed by atoms with E-state index in [4.69, 9.17) is 15.5 Å². The smallest absolute Gasteiger partial charge is 0.126 e. The summed E-state index contributed by atoms with van der Waals surface area (Å²) in [6, 6.07) is 16.4. The monoisotopic (exact) mass is 337 g/mol. The van der Waals surface area contributed by atoms with E-state index in [0.29, 0.717) is 6.61 Å². The first-order valence-corrected chi connectivity index (χ1v) is 9.09. The van der Waals surface area contributed by atoms with Crippen LogP contribution in [-0.4, -0.2) is 16.2 Å². The molecule has 1 heterocycles. The number of para-hydroxylation sites is 2. The highest BCUT2D eigenvalue weighted by Gasteiger charge is 2.16. The Kier molecular flexibility index (Phi) is 5.71. The number of aromatic nitrogens is 2. The molecule has 0 fully saturated rings. The summed E-state index contributed by atoms with van der Waals surface area (Å²) < 4.78 is 8.11. The Morgan fingerprint density at radius 1 is 1.12 bits per heavy atom. The summed E-state index contributed by atoms with van der Waals surface area (Å²) in [5, 5.41) is 0. The molecule has 0 saturated heterocycles. The van der Waals surface area contributed by atoms with Gasteiger partial charge in [-0.2, -0.15) is 0 Å². The predicted molar refractivity (Wildman–Crippen MR) is 103 cm³/mol. The van der Waals surface area contributed by atoms with Crippen LogP contribution < -0.4 is 10.5 Å². The highest BCUT2D eigenvalue weighted by Crippen LogP contribution is 2.22. The molecule has 1 atom stereocenters. The van der Waals surface area contributed by atoms with Crippen LogP contribution in [0.2, 0.25) is 0 Å². The molecule has 0 radical (unpaired) electrons. The maximum atomic E-state index is 6.37. The van der Waals surface area contributed by atoms with Gasteiger partial charge < -0.3 is 15.0 Å². The van der Waals surface area contributed by atoms with E-state index < -0.39 is 0 Å². The first kappa shape index (κ1) is 17.5. The van der Waals surface area contributed by atoms with Crippen molar-refractivity contribution in [3.63, 3.8) is 0 Å². The summed E-state index contributed by atoms with van der Waals surface area (Å²) in [6.07, 6.45) is 2.92. The van der Waals surface area contributed by atoms with E-state index >= 15 is 0 Å². The lowest BCUT2D eigenvalue weighted by atomic mass is 10.1. The molecular formula is C21H27N3O. The van der Waals surface area contributed by atoms with Crippen LogP contribution in [0.4, 0.5) is 0 Å². The molecule has 1 unspecified atom stereocenters. The second kappa shape index (κ2) is 8.17. The molecule has 0 aliphatic rings. The summed E-state index contributed by atoms with van der Waals surface area (Å²) in [7, 11) is 0. The van der Waals surface area contributed by atoms with Gasteiger partial charge in [-0.25, -0.2) is 4.98 Å². The molecule has 4 nitrogen and oxygen atoms in total. The molecule has 25 heavy (non-hydrogen) atoms. The van der Waals surface area contributed by atoms with E-state index in [9.17, 15) is 0 Å². The van der Waals surface area contributed by atoms with Crippen molar-refractivity contribution < 1.29 is 4.74 Å². The highest BCUT2D eigenvalue weighted by atomic mass is 16.5. The zero-order valence-electron chi connectivity index (χ0n) is 15.1. The Morgan fingerprint density at radius 3 is 2.64 bits per heavy atom. The number of aryl methyl sites for hydroxylation is 2. The number of rotatable bonds is 8. The largest absolute Gasteiger partial charge is 0.494 e. The first-order chi connectivity index (χ1) is 12.2. The minimum absolute atomic E-state index is 0.0181. The minimum atomic E-state index is -0.0181. The maximum Gasteiger partial charge on any atom is 0.126 e. The fourth-order valence-electron chi connectivity index (χ4n) is 3.10. The van der Waals surface area contributed by atoms with E-state index in [0.717, 1.165) is 48.4 Å². The van der Waals surface area contributed by atoms with E-state index in [1.807, 2.05) is 18.2 Å². The lowest BCUT2D eigenvalue weighted by Gasteiger charge is -2.14. The highest BCUT2D eigenvalue weighted by molar-refractivity contribution is 5.76. The van der Waals surface area contributed by atoms with Gasteiger partial charge in [-0.1, -0.05) is 43.2 Å². The molecule has 3 rings (SSSR count). The normalized spacial score (nSPS) is 12.4. The third-order valence-corrected chi connectivity index (χ3v) is 4.43. The van der Waals surface area contributed by atoms with Crippen LogP contribution in [0.3, 0.4) is 0 Å². The van der Waals surface area contributed by atoms with Gasteiger partial charge in [-0.05, 0) is 44.0 Å². The van der Waals surface area contributed by atoms with Crippen LogP contribution in [0.25, 0.3) is 11.0 Å². The van der Waals surface area contributed by atoms with Crippen molar-refractivity contribution in [2.45, 2.75) is 45.7 Å². The molecule has 2 aromatic carbocycles. The molecule has 2 N–H and O–H groups in total. The molecule has 132 valence electrons. The number of nitrogens with two attached hydrogens (primary N) is 1. The van der Waals surface area contributed by atoms with Crippen LogP contribution in [0, 0.1) is 6.92 Å². The van der Waals surface area contributed by atoms with Crippen molar-refractivity contribution in [3.05, 3.63) is 59.9 Å². The Bertz CT molecular complexity index is 808. The van der Waals surface area contributed by atoms with Gasteiger partial charge in [-0.3, -0.25) is 0 Å². The van der Waals surface area contributed by atoms with Crippen LogP contribution >= 0.6 is 0 Å². The summed E-state index contributed by atoms with van der Waals surface area (Å²) in [4.78, 5) is 4.77.